The molecule has 1 saturated carbocycles. The minimum absolute atomic E-state index is 0.00814. The van der Waals surface area contributed by atoms with Crippen molar-refractivity contribution in [3.63, 3.8) is 0 Å². The van der Waals surface area contributed by atoms with Crippen LogP contribution in [0, 0.1) is 0 Å². The molecule has 1 aliphatic carbocycles. The summed E-state index contributed by atoms with van der Waals surface area (Å²) in [5, 5.41) is 11.3. The molecule has 0 aromatic carbocycles. The van der Waals surface area contributed by atoms with Crippen molar-refractivity contribution in [3.8, 4) is 17.1 Å². The molecule has 1 fully saturated rings. The summed E-state index contributed by atoms with van der Waals surface area (Å²) in [7, 11) is 1.57. The lowest BCUT2D eigenvalue weighted by molar-refractivity contribution is -0.122. The number of carbonyl (C=O) groups excluding carboxylic acids is 1. The molecule has 0 atom stereocenters. The first-order valence-electron chi connectivity index (χ1n) is 8.44. The van der Waals surface area contributed by atoms with Crippen LogP contribution in [-0.4, -0.2) is 39.0 Å². The summed E-state index contributed by atoms with van der Waals surface area (Å²) in [4.78, 5) is 16.3. The van der Waals surface area contributed by atoms with Gasteiger partial charge in [-0.05, 0) is 18.9 Å². The van der Waals surface area contributed by atoms with Crippen LogP contribution < -0.4 is 10.1 Å². The van der Waals surface area contributed by atoms with Gasteiger partial charge in [0.1, 0.15) is 12.2 Å². The van der Waals surface area contributed by atoms with Crippen LogP contribution in [0.3, 0.4) is 0 Å². The maximum atomic E-state index is 12.2. The van der Waals surface area contributed by atoms with Crippen LogP contribution in [0.2, 0.25) is 0 Å². The van der Waals surface area contributed by atoms with Crippen molar-refractivity contribution < 1.29 is 9.53 Å². The molecular weight excluding hydrogens is 306 g/mol. The Morgan fingerprint density at radius 2 is 2.08 bits per heavy atom. The molecule has 1 aliphatic rings. The van der Waals surface area contributed by atoms with Crippen LogP contribution in [0.25, 0.3) is 11.3 Å². The standard InChI is InChI=1S/C17H23N5O2/c1-24-17-9-8-13(10-18-17)15-11-22(21-20-15)12-16(23)19-14-6-4-2-3-5-7-14/h8-11,14H,2-7,12H2,1H3,(H,19,23). The van der Waals surface area contributed by atoms with E-state index in [1.54, 1.807) is 30.3 Å². The average molecular weight is 329 g/mol. The summed E-state index contributed by atoms with van der Waals surface area (Å²) in [5.74, 6) is 0.542. The summed E-state index contributed by atoms with van der Waals surface area (Å²) < 4.78 is 6.60. The fourth-order valence-electron chi connectivity index (χ4n) is 3.00. The number of aromatic nitrogens is 4. The monoisotopic (exact) mass is 329 g/mol. The fraction of sp³-hybridized carbons (Fsp3) is 0.529. The van der Waals surface area contributed by atoms with Gasteiger partial charge in [-0.2, -0.15) is 0 Å². The van der Waals surface area contributed by atoms with Crippen molar-refractivity contribution in [1.82, 2.24) is 25.3 Å². The number of carbonyl (C=O) groups is 1. The molecule has 2 aromatic heterocycles. The smallest absolute Gasteiger partial charge is 0.242 e. The Balaban J connectivity index is 1.57. The first-order chi connectivity index (χ1) is 11.7. The van der Waals surface area contributed by atoms with E-state index in [1.807, 2.05) is 6.07 Å². The van der Waals surface area contributed by atoms with Gasteiger partial charge in [0.25, 0.3) is 0 Å². The van der Waals surface area contributed by atoms with Crippen molar-refractivity contribution >= 4 is 5.91 Å². The van der Waals surface area contributed by atoms with E-state index in [9.17, 15) is 4.79 Å². The Morgan fingerprint density at radius 1 is 1.29 bits per heavy atom. The van der Waals surface area contributed by atoms with E-state index in [0.29, 0.717) is 17.6 Å². The average Bonchev–Trinajstić information content (AvgIpc) is 2.90. The Morgan fingerprint density at radius 3 is 2.75 bits per heavy atom. The number of methoxy groups -OCH3 is 1. The molecule has 2 heterocycles. The molecule has 7 heteroatoms. The van der Waals surface area contributed by atoms with Crippen LogP contribution in [0.4, 0.5) is 0 Å². The van der Waals surface area contributed by atoms with Gasteiger partial charge in [-0.25, -0.2) is 9.67 Å². The third-order valence-electron chi connectivity index (χ3n) is 4.31. The molecule has 128 valence electrons. The van der Waals surface area contributed by atoms with Gasteiger partial charge in [0.2, 0.25) is 11.8 Å². The minimum atomic E-state index is -0.00814. The van der Waals surface area contributed by atoms with Crippen LogP contribution in [0.5, 0.6) is 5.88 Å². The topological polar surface area (TPSA) is 81.9 Å². The van der Waals surface area contributed by atoms with Gasteiger partial charge in [0.15, 0.2) is 0 Å². The van der Waals surface area contributed by atoms with Gasteiger partial charge >= 0.3 is 0 Å². The van der Waals surface area contributed by atoms with Gasteiger partial charge in [-0.15, -0.1) is 5.10 Å². The number of hydrogen-bond acceptors (Lipinski definition) is 5. The van der Waals surface area contributed by atoms with Crippen LogP contribution >= 0.6 is 0 Å². The van der Waals surface area contributed by atoms with Gasteiger partial charge in [-0.1, -0.05) is 30.9 Å². The molecule has 0 bridgehead atoms. The van der Waals surface area contributed by atoms with Crippen molar-refractivity contribution in [3.05, 3.63) is 24.5 Å². The van der Waals surface area contributed by atoms with Crippen LogP contribution in [0.15, 0.2) is 24.5 Å². The van der Waals surface area contributed by atoms with Crippen molar-refractivity contribution in [2.75, 3.05) is 7.11 Å². The van der Waals surface area contributed by atoms with Crippen LogP contribution in [-0.2, 0) is 11.3 Å². The van der Waals surface area contributed by atoms with Crippen LogP contribution in [0.1, 0.15) is 38.5 Å². The molecule has 24 heavy (non-hydrogen) atoms. The first-order valence-corrected chi connectivity index (χ1v) is 8.44. The normalized spacial score (nSPS) is 15.7. The number of nitrogens with zero attached hydrogens (tertiary/aromatic N) is 4. The lowest BCUT2D eigenvalue weighted by atomic mass is 10.1. The van der Waals surface area contributed by atoms with Gasteiger partial charge in [-0.3, -0.25) is 4.79 Å². The summed E-state index contributed by atoms with van der Waals surface area (Å²) in [6.45, 7) is 0.188. The summed E-state index contributed by atoms with van der Waals surface area (Å²) >= 11 is 0. The Labute approximate surface area is 141 Å². The largest absolute Gasteiger partial charge is 0.481 e. The van der Waals surface area contributed by atoms with Gasteiger partial charge in [0, 0.05) is 23.9 Å². The molecule has 3 rings (SSSR count). The molecule has 0 radical (unpaired) electrons. The third kappa shape index (κ3) is 4.31. The molecule has 0 unspecified atom stereocenters. The molecule has 0 spiro atoms. The minimum Gasteiger partial charge on any atom is -0.481 e. The van der Waals surface area contributed by atoms with E-state index in [2.05, 4.69) is 20.6 Å². The molecule has 7 nitrogen and oxygen atoms in total. The van der Waals surface area contributed by atoms with E-state index in [-0.39, 0.29) is 12.5 Å². The molecule has 1 amide bonds. The molecule has 0 aliphatic heterocycles. The summed E-state index contributed by atoms with van der Waals surface area (Å²) in [5.41, 5.74) is 1.53. The molecule has 2 aromatic rings. The van der Waals surface area contributed by atoms with E-state index in [0.717, 1.165) is 18.4 Å². The fourth-order valence-corrected chi connectivity index (χ4v) is 3.00. The zero-order valence-electron chi connectivity index (χ0n) is 13.9. The predicted molar refractivity (Wildman–Crippen MR) is 89.4 cm³/mol. The highest BCUT2D eigenvalue weighted by Gasteiger charge is 2.15. The zero-order chi connectivity index (χ0) is 16.8. The maximum Gasteiger partial charge on any atom is 0.242 e. The highest BCUT2D eigenvalue weighted by molar-refractivity contribution is 5.76. The zero-order valence-corrected chi connectivity index (χ0v) is 13.9. The Bertz CT molecular complexity index is 660. The van der Waals surface area contributed by atoms with Crippen molar-refractivity contribution in [2.45, 2.75) is 51.1 Å². The lowest BCUT2D eigenvalue weighted by Gasteiger charge is -2.15. The van der Waals surface area contributed by atoms with Gasteiger partial charge < -0.3 is 10.1 Å². The first kappa shape index (κ1) is 16.4. The molecule has 1 N–H and O–H groups in total. The van der Waals surface area contributed by atoms with E-state index in [4.69, 9.17) is 4.74 Å². The van der Waals surface area contributed by atoms with E-state index in [1.165, 1.54) is 25.7 Å². The number of pyridine rings is 1. The van der Waals surface area contributed by atoms with E-state index < -0.39 is 0 Å². The third-order valence-corrected chi connectivity index (χ3v) is 4.31. The summed E-state index contributed by atoms with van der Waals surface area (Å²) in [6.07, 6.45) is 10.5. The Hall–Kier alpha value is -2.44. The second-order valence-corrected chi connectivity index (χ2v) is 6.15. The lowest BCUT2D eigenvalue weighted by Crippen LogP contribution is -2.36. The quantitative estimate of drug-likeness (QED) is 0.850. The van der Waals surface area contributed by atoms with Crippen molar-refractivity contribution in [1.29, 1.82) is 0 Å². The van der Waals surface area contributed by atoms with Crippen molar-refractivity contribution in [2.24, 2.45) is 0 Å². The second-order valence-electron chi connectivity index (χ2n) is 6.15. The van der Waals surface area contributed by atoms with Gasteiger partial charge in [0.05, 0.1) is 13.3 Å². The number of ether oxygens (including phenoxy) is 1. The highest BCUT2D eigenvalue weighted by Crippen LogP contribution is 2.18. The molecule has 0 saturated heterocycles. The predicted octanol–water partition coefficient (Wildman–Crippen LogP) is 2.19. The number of amides is 1. The SMILES string of the molecule is COc1ccc(-c2cn(CC(=O)NC3CCCCCC3)nn2)cn1. The van der Waals surface area contributed by atoms with E-state index >= 15 is 0 Å². The maximum absolute atomic E-state index is 12.2. The molecular formula is C17H23N5O2. The number of rotatable bonds is 5. The summed E-state index contributed by atoms with van der Waals surface area (Å²) in [6, 6.07) is 3.94. The number of nitrogens with one attached hydrogen (secondary N) is 1. The Kier molecular flexibility index (Phi) is 5.40. The second kappa shape index (κ2) is 7.90. The number of hydrogen-bond donors (Lipinski definition) is 1. The highest BCUT2D eigenvalue weighted by atomic mass is 16.5.